The van der Waals surface area contributed by atoms with Crippen molar-refractivity contribution in [3.05, 3.63) is 35.1 Å². The molecule has 0 heterocycles. The second-order valence-electron chi connectivity index (χ2n) is 5.59. The Morgan fingerprint density at radius 3 is 2.43 bits per heavy atom. The van der Waals surface area contributed by atoms with Gasteiger partial charge in [0.25, 0.3) is 0 Å². The first-order valence-corrected chi connectivity index (χ1v) is 7.13. The lowest BCUT2D eigenvalue weighted by molar-refractivity contribution is -0.140. The molecule has 118 valence electrons. The van der Waals surface area contributed by atoms with Gasteiger partial charge < -0.3 is 5.73 Å². The van der Waals surface area contributed by atoms with Gasteiger partial charge in [-0.2, -0.15) is 13.2 Å². The van der Waals surface area contributed by atoms with Gasteiger partial charge in [-0.3, -0.25) is 4.90 Å². The Balaban J connectivity index is 2.29. The summed E-state index contributed by atoms with van der Waals surface area (Å²) < 4.78 is 51.8. The summed E-state index contributed by atoms with van der Waals surface area (Å²) in [6.45, 7) is 0.204. The Labute approximate surface area is 121 Å². The summed E-state index contributed by atoms with van der Waals surface area (Å²) in [6.07, 6.45) is -0.376. The molecule has 2 N–H and O–H groups in total. The van der Waals surface area contributed by atoms with Crippen molar-refractivity contribution in [2.45, 2.75) is 43.9 Å². The van der Waals surface area contributed by atoms with E-state index in [1.165, 1.54) is 6.07 Å². The standard InChI is InChI=1S/C15H20F4N2/c1-21(11-4-2-3-5-11)14(9-20)10-6-7-13(16)12(8-10)15(17,18)19/h6-8,11,14H,2-5,9,20H2,1H3. The van der Waals surface area contributed by atoms with E-state index in [9.17, 15) is 17.6 Å². The van der Waals surface area contributed by atoms with Gasteiger partial charge in [0.15, 0.2) is 0 Å². The number of benzene rings is 1. The number of halogens is 4. The first-order valence-electron chi connectivity index (χ1n) is 7.13. The van der Waals surface area contributed by atoms with Gasteiger partial charge in [0.05, 0.1) is 5.56 Å². The summed E-state index contributed by atoms with van der Waals surface area (Å²) in [5.41, 5.74) is 4.95. The Kier molecular flexibility index (Phi) is 4.88. The second kappa shape index (κ2) is 6.32. The predicted molar refractivity (Wildman–Crippen MR) is 73.2 cm³/mol. The fraction of sp³-hybridized carbons (Fsp3) is 0.600. The van der Waals surface area contributed by atoms with E-state index in [4.69, 9.17) is 5.73 Å². The predicted octanol–water partition coefficient (Wildman–Crippen LogP) is 3.72. The molecule has 2 rings (SSSR count). The Hall–Kier alpha value is -1.14. The lowest BCUT2D eigenvalue weighted by atomic mass is 10.0. The average Bonchev–Trinajstić information content (AvgIpc) is 2.93. The van der Waals surface area contributed by atoms with E-state index in [2.05, 4.69) is 0 Å². The summed E-state index contributed by atoms with van der Waals surface area (Å²) in [4.78, 5) is 2.03. The molecule has 0 radical (unpaired) electrons. The molecule has 1 aromatic rings. The molecular weight excluding hydrogens is 284 g/mol. The maximum absolute atomic E-state index is 13.4. The molecule has 0 aliphatic heterocycles. The van der Waals surface area contributed by atoms with Gasteiger partial charge in [-0.15, -0.1) is 0 Å². The molecule has 1 saturated carbocycles. The molecule has 6 heteroatoms. The van der Waals surface area contributed by atoms with Crippen LogP contribution in [-0.2, 0) is 6.18 Å². The largest absolute Gasteiger partial charge is 0.419 e. The van der Waals surface area contributed by atoms with E-state index >= 15 is 0 Å². The van der Waals surface area contributed by atoms with E-state index < -0.39 is 17.6 Å². The van der Waals surface area contributed by atoms with Crippen molar-refractivity contribution in [1.82, 2.24) is 4.90 Å². The third-order valence-electron chi connectivity index (χ3n) is 4.30. The van der Waals surface area contributed by atoms with Gasteiger partial charge in [-0.25, -0.2) is 4.39 Å². The normalized spacial score (nSPS) is 18.4. The van der Waals surface area contributed by atoms with Crippen molar-refractivity contribution >= 4 is 0 Å². The van der Waals surface area contributed by atoms with Crippen LogP contribution < -0.4 is 5.73 Å². The summed E-state index contributed by atoms with van der Waals surface area (Å²) in [5, 5.41) is 0. The van der Waals surface area contributed by atoms with E-state index in [-0.39, 0.29) is 12.6 Å². The highest BCUT2D eigenvalue weighted by Gasteiger charge is 2.35. The molecule has 0 aromatic heterocycles. The van der Waals surface area contributed by atoms with Crippen LogP contribution in [0.4, 0.5) is 17.6 Å². The van der Waals surface area contributed by atoms with Crippen molar-refractivity contribution in [2.24, 2.45) is 5.73 Å². The molecule has 0 saturated heterocycles. The SMILES string of the molecule is CN(C1CCCC1)C(CN)c1ccc(F)c(C(F)(F)F)c1. The van der Waals surface area contributed by atoms with E-state index in [1.807, 2.05) is 11.9 Å². The highest BCUT2D eigenvalue weighted by atomic mass is 19.4. The zero-order chi connectivity index (χ0) is 15.6. The third-order valence-corrected chi connectivity index (χ3v) is 4.30. The average molecular weight is 304 g/mol. The number of nitrogens with zero attached hydrogens (tertiary/aromatic N) is 1. The van der Waals surface area contributed by atoms with Gasteiger partial charge in [-0.1, -0.05) is 18.9 Å². The molecule has 0 bridgehead atoms. The van der Waals surface area contributed by atoms with E-state index in [0.717, 1.165) is 37.8 Å². The van der Waals surface area contributed by atoms with Gasteiger partial charge in [0, 0.05) is 18.6 Å². The summed E-state index contributed by atoms with van der Waals surface area (Å²) >= 11 is 0. The third kappa shape index (κ3) is 3.55. The molecule has 1 aliphatic rings. The zero-order valence-electron chi connectivity index (χ0n) is 12.0. The molecular formula is C15H20F4N2. The van der Waals surface area contributed by atoms with Crippen molar-refractivity contribution in [3.63, 3.8) is 0 Å². The molecule has 1 fully saturated rings. The minimum atomic E-state index is -4.69. The molecule has 1 unspecified atom stereocenters. The van der Waals surface area contributed by atoms with Crippen molar-refractivity contribution < 1.29 is 17.6 Å². The highest BCUT2D eigenvalue weighted by Crippen LogP contribution is 2.35. The van der Waals surface area contributed by atoms with Gasteiger partial charge in [0.2, 0.25) is 0 Å². The van der Waals surface area contributed by atoms with Crippen LogP contribution in [0.1, 0.15) is 42.9 Å². The fourth-order valence-electron chi connectivity index (χ4n) is 3.07. The summed E-state index contributed by atoms with van der Waals surface area (Å²) in [7, 11) is 1.88. The minimum Gasteiger partial charge on any atom is -0.329 e. The van der Waals surface area contributed by atoms with Crippen molar-refractivity contribution in [2.75, 3.05) is 13.6 Å². The molecule has 0 amide bonds. The Morgan fingerprint density at radius 2 is 1.90 bits per heavy atom. The number of hydrogen-bond donors (Lipinski definition) is 1. The molecule has 1 atom stereocenters. The quantitative estimate of drug-likeness (QED) is 0.859. The van der Waals surface area contributed by atoms with Gasteiger partial charge in [0.1, 0.15) is 5.82 Å². The summed E-state index contributed by atoms with van der Waals surface area (Å²) in [5.74, 6) is -1.24. The maximum atomic E-state index is 13.4. The van der Waals surface area contributed by atoms with E-state index in [0.29, 0.717) is 11.6 Å². The highest BCUT2D eigenvalue weighted by molar-refractivity contribution is 5.30. The minimum absolute atomic E-state index is 0.204. The van der Waals surface area contributed by atoms with Crippen LogP contribution in [0.5, 0.6) is 0 Å². The van der Waals surface area contributed by atoms with E-state index in [1.54, 1.807) is 0 Å². The van der Waals surface area contributed by atoms with Crippen LogP contribution in [0.25, 0.3) is 0 Å². The number of nitrogens with two attached hydrogens (primary N) is 1. The Morgan fingerprint density at radius 1 is 1.29 bits per heavy atom. The van der Waals surface area contributed by atoms with Crippen LogP contribution in [0.2, 0.25) is 0 Å². The van der Waals surface area contributed by atoms with Gasteiger partial charge >= 0.3 is 6.18 Å². The lowest BCUT2D eigenvalue weighted by Gasteiger charge is -2.33. The smallest absolute Gasteiger partial charge is 0.329 e. The van der Waals surface area contributed by atoms with Crippen LogP contribution >= 0.6 is 0 Å². The van der Waals surface area contributed by atoms with Crippen molar-refractivity contribution in [1.29, 1.82) is 0 Å². The molecule has 2 nitrogen and oxygen atoms in total. The monoisotopic (exact) mass is 304 g/mol. The lowest BCUT2D eigenvalue weighted by Crippen LogP contribution is -2.37. The molecule has 1 aliphatic carbocycles. The van der Waals surface area contributed by atoms with Crippen LogP contribution in [0.3, 0.4) is 0 Å². The number of alkyl halides is 3. The topological polar surface area (TPSA) is 29.3 Å². The number of hydrogen-bond acceptors (Lipinski definition) is 2. The van der Waals surface area contributed by atoms with Crippen LogP contribution in [-0.4, -0.2) is 24.5 Å². The Bertz CT molecular complexity index is 481. The number of likely N-dealkylation sites (N-methyl/N-ethyl adjacent to an activating group) is 1. The number of rotatable bonds is 4. The summed E-state index contributed by atoms with van der Waals surface area (Å²) in [6, 6.07) is 3.17. The maximum Gasteiger partial charge on any atom is 0.419 e. The molecule has 1 aromatic carbocycles. The molecule has 0 spiro atoms. The van der Waals surface area contributed by atoms with Crippen LogP contribution in [0, 0.1) is 5.82 Å². The second-order valence-corrected chi connectivity index (χ2v) is 5.59. The van der Waals surface area contributed by atoms with Crippen molar-refractivity contribution in [3.8, 4) is 0 Å². The fourth-order valence-corrected chi connectivity index (χ4v) is 3.07. The first kappa shape index (κ1) is 16.2. The zero-order valence-corrected chi connectivity index (χ0v) is 12.0. The molecule has 21 heavy (non-hydrogen) atoms. The first-order chi connectivity index (χ1) is 9.84. The van der Waals surface area contributed by atoms with Crippen LogP contribution in [0.15, 0.2) is 18.2 Å². The van der Waals surface area contributed by atoms with Gasteiger partial charge in [-0.05, 0) is 37.6 Å².